The lowest BCUT2D eigenvalue weighted by atomic mass is 10.1. The van der Waals surface area contributed by atoms with E-state index in [9.17, 15) is 14.9 Å². The Labute approximate surface area is 174 Å². The number of nitrogens with one attached hydrogen (secondary N) is 1. The minimum atomic E-state index is -0.369. The maximum Gasteiger partial charge on any atom is 0.292 e. The smallest absolute Gasteiger partial charge is 0.292 e. The summed E-state index contributed by atoms with van der Waals surface area (Å²) >= 11 is 6.02. The van der Waals surface area contributed by atoms with Gasteiger partial charge in [0.2, 0.25) is 5.91 Å². The minimum absolute atomic E-state index is 0.0970. The summed E-state index contributed by atoms with van der Waals surface area (Å²) in [6.07, 6.45) is 0. The SMILES string of the molecule is COc1ccc(Cl)cc1NC(=O)C(C)N1CCN(c2ccccc2[N+](=O)[O-])CC1. The molecule has 1 atom stereocenters. The summed E-state index contributed by atoms with van der Waals surface area (Å²) in [5.74, 6) is 0.376. The van der Waals surface area contributed by atoms with E-state index in [1.807, 2.05) is 11.8 Å². The van der Waals surface area contributed by atoms with Gasteiger partial charge >= 0.3 is 0 Å². The molecule has 0 aliphatic carbocycles. The number of para-hydroxylation sites is 2. The number of ether oxygens (including phenoxy) is 1. The second-order valence-corrected chi connectivity index (χ2v) is 7.22. The monoisotopic (exact) mass is 418 g/mol. The molecule has 2 aromatic rings. The van der Waals surface area contributed by atoms with Crippen molar-refractivity contribution in [3.05, 3.63) is 57.6 Å². The van der Waals surface area contributed by atoms with Crippen LogP contribution in [0.4, 0.5) is 17.1 Å². The van der Waals surface area contributed by atoms with Crippen LogP contribution in [0.1, 0.15) is 6.92 Å². The molecule has 1 saturated heterocycles. The number of hydrogen-bond acceptors (Lipinski definition) is 6. The Morgan fingerprint density at radius 3 is 2.55 bits per heavy atom. The summed E-state index contributed by atoms with van der Waals surface area (Å²) in [5, 5.41) is 14.7. The van der Waals surface area contributed by atoms with Crippen LogP contribution in [0.15, 0.2) is 42.5 Å². The number of halogens is 1. The van der Waals surface area contributed by atoms with Gasteiger partial charge in [0, 0.05) is 37.3 Å². The van der Waals surface area contributed by atoms with Gasteiger partial charge in [-0.2, -0.15) is 0 Å². The molecular formula is C20H23ClN4O4. The highest BCUT2D eigenvalue weighted by atomic mass is 35.5. The van der Waals surface area contributed by atoms with Gasteiger partial charge < -0.3 is 15.0 Å². The van der Waals surface area contributed by atoms with Crippen LogP contribution in [0.5, 0.6) is 5.75 Å². The van der Waals surface area contributed by atoms with Crippen molar-refractivity contribution < 1.29 is 14.5 Å². The zero-order valence-electron chi connectivity index (χ0n) is 16.3. The molecule has 29 heavy (non-hydrogen) atoms. The van der Waals surface area contributed by atoms with Crippen molar-refractivity contribution in [2.24, 2.45) is 0 Å². The number of methoxy groups -OCH3 is 1. The maximum absolute atomic E-state index is 12.7. The summed E-state index contributed by atoms with van der Waals surface area (Å²) in [4.78, 5) is 27.7. The predicted molar refractivity (Wildman–Crippen MR) is 113 cm³/mol. The molecule has 154 valence electrons. The number of nitro benzene ring substituents is 1. The van der Waals surface area contributed by atoms with E-state index in [1.54, 1.807) is 36.4 Å². The lowest BCUT2D eigenvalue weighted by molar-refractivity contribution is -0.384. The van der Waals surface area contributed by atoms with Gasteiger partial charge in [-0.1, -0.05) is 23.7 Å². The van der Waals surface area contributed by atoms with Gasteiger partial charge in [-0.3, -0.25) is 19.8 Å². The Balaban J connectivity index is 1.63. The van der Waals surface area contributed by atoms with Gasteiger partial charge in [-0.25, -0.2) is 0 Å². The largest absolute Gasteiger partial charge is 0.495 e. The topological polar surface area (TPSA) is 88.0 Å². The van der Waals surface area contributed by atoms with Gasteiger partial charge in [0.15, 0.2) is 0 Å². The van der Waals surface area contributed by atoms with E-state index in [2.05, 4.69) is 10.2 Å². The number of carbonyl (C=O) groups excluding carboxylic acids is 1. The number of nitrogens with zero attached hydrogens (tertiary/aromatic N) is 3. The molecule has 3 rings (SSSR count). The molecule has 1 N–H and O–H groups in total. The van der Waals surface area contributed by atoms with Gasteiger partial charge in [-0.05, 0) is 31.2 Å². The first-order valence-electron chi connectivity index (χ1n) is 9.27. The molecule has 1 fully saturated rings. The molecule has 0 bridgehead atoms. The normalized spacial score (nSPS) is 15.6. The highest BCUT2D eigenvalue weighted by molar-refractivity contribution is 6.31. The van der Waals surface area contributed by atoms with Crippen LogP contribution in [-0.2, 0) is 4.79 Å². The lowest BCUT2D eigenvalue weighted by Crippen LogP contribution is -2.53. The van der Waals surface area contributed by atoms with Crippen LogP contribution < -0.4 is 15.0 Å². The Morgan fingerprint density at radius 2 is 1.90 bits per heavy atom. The van der Waals surface area contributed by atoms with E-state index in [1.165, 1.54) is 13.2 Å². The summed E-state index contributed by atoms with van der Waals surface area (Å²) in [6, 6.07) is 11.4. The van der Waals surface area contributed by atoms with Crippen LogP contribution in [0.25, 0.3) is 0 Å². The van der Waals surface area contributed by atoms with Crippen molar-refractivity contribution in [3.63, 3.8) is 0 Å². The Hall–Kier alpha value is -2.84. The number of benzene rings is 2. The molecule has 1 aliphatic rings. The average Bonchev–Trinajstić information content (AvgIpc) is 2.73. The first kappa shape index (κ1) is 20.9. The average molecular weight is 419 g/mol. The van der Waals surface area contributed by atoms with E-state index >= 15 is 0 Å². The van der Waals surface area contributed by atoms with Crippen molar-refractivity contribution >= 4 is 34.6 Å². The fourth-order valence-electron chi connectivity index (χ4n) is 3.42. The van der Waals surface area contributed by atoms with Gasteiger partial charge in [0.1, 0.15) is 11.4 Å². The Bertz CT molecular complexity index is 900. The molecule has 8 nitrogen and oxygen atoms in total. The van der Waals surface area contributed by atoms with E-state index < -0.39 is 0 Å². The van der Waals surface area contributed by atoms with Crippen molar-refractivity contribution in [2.45, 2.75) is 13.0 Å². The maximum atomic E-state index is 12.7. The second kappa shape index (κ2) is 9.11. The summed E-state index contributed by atoms with van der Waals surface area (Å²) in [6.45, 7) is 4.28. The molecule has 2 aromatic carbocycles. The predicted octanol–water partition coefficient (Wildman–Crippen LogP) is 3.41. The Morgan fingerprint density at radius 1 is 1.21 bits per heavy atom. The zero-order chi connectivity index (χ0) is 21.0. The summed E-state index contributed by atoms with van der Waals surface area (Å²) < 4.78 is 5.27. The van der Waals surface area contributed by atoms with Crippen LogP contribution >= 0.6 is 11.6 Å². The first-order valence-corrected chi connectivity index (χ1v) is 9.65. The van der Waals surface area contributed by atoms with Crippen molar-refractivity contribution in [1.29, 1.82) is 0 Å². The molecule has 0 spiro atoms. The number of amides is 1. The van der Waals surface area contributed by atoms with E-state index in [0.717, 1.165) is 0 Å². The highest BCUT2D eigenvalue weighted by Gasteiger charge is 2.28. The molecule has 1 amide bonds. The zero-order valence-corrected chi connectivity index (χ0v) is 17.1. The van der Waals surface area contributed by atoms with Crippen LogP contribution in [0, 0.1) is 10.1 Å². The van der Waals surface area contributed by atoms with Crippen LogP contribution in [0.2, 0.25) is 5.02 Å². The molecule has 9 heteroatoms. The van der Waals surface area contributed by atoms with Crippen molar-refractivity contribution in [2.75, 3.05) is 43.5 Å². The standard InChI is InChI=1S/C20H23ClN4O4/c1-14(20(26)22-16-13-15(21)7-8-19(16)29-2)23-9-11-24(12-10-23)17-5-3-4-6-18(17)25(27)28/h3-8,13-14H,9-12H2,1-2H3,(H,22,26). The summed E-state index contributed by atoms with van der Waals surface area (Å²) in [5.41, 5.74) is 1.23. The number of piperazine rings is 1. The fourth-order valence-corrected chi connectivity index (χ4v) is 3.59. The van der Waals surface area contributed by atoms with Gasteiger partial charge in [0.25, 0.3) is 5.69 Å². The minimum Gasteiger partial charge on any atom is -0.495 e. The number of carbonyl (C=O) groups is 1. The molecule has 1 unspecified atom stereocenters. The third-order valence-corrected chi connectivity index (χ3v) is 5.32. The molecule has 0 radical (unpaired) electrons. The Kier molecular flexibility index (Phi) is 6.56. The first-order chi connectivity index (χ1) is 13.9. The van der Waals surface area contributed by atoms with E-state index in [4.69, 9.17) is 16.3 Å². The van der Waals surface area contributed by atoms with Gasteiger partial charge in [0.05, 0.1) is 23.8 Å². The molecular weight excluding hydrogens is 396 g/mol. The quantitative estimate of drug-likeness (QED) is 0.571. The number of nitro groups is 1. The van der Waals surface area contributed by atoms with E-state index in [-0.39, 0.29) is 22.6 Å². The number of rotatable bonds is 6. The third-order valence-electron chi connectivity index (χ3n) is 5.08. The second-order valence-electron chi connectivity index (χ2n) is 6.78. The molecule has 1 heterocycles. The fraction of sp³-hybridized carbons (Fsp3) is 0.350. The molecule has 0 saturated carbocycles. The highest BCUT2D eigenvalue weighted by Crippen LogP contribution is 2.30. The lowest BCUT2D eigenvalue weighted by Gasteiger charge is -2.38. The number of hydrogen-bond donors (Lipinski definition) is 1. The molecule has 1 aliphatic heterocycles. The summed E-state index contributed by atoms with van der Waals surface area (Å²) in [7, 11) is 1.53. The third kappa shape index (κ3) is 4.78. The molecule has 0 aromatic heterocycles. The van der Waals surface area contributed by atoms with Crippen molar-refractivity contribution in [3.8, 4) is 5.75 Å². The van der Waals surface area contributed by atoms with Crippen LogP contribution in [-0.4, -0.2) is 55.1 Å². The van der Waals surface area contributed by atoms with Crippen molar-refractivity contribution in [1.82, 2.24) is 4.90 Å². The van der Waals surface area contributed by atoms with Gasteiger partial charge in [-0.15, -0.1) is 0 Å². The van der Waals surface area contributed by atoms with E-state index in [0.29, 0.717) is 48.3 Å². The van der Waals surface area contributed by atoms with Crippen LogP contribution in [0.3, 0.4) is 0 Å². The number of anilines is 2.